The van der Waals surface area contributed by atoms with Gasteiger partial charge in [0, 0.05) is 5.56 Å². The number of benzene rings is 1. The number of carbonyl (C=O) groups excluding carboxylic acids is 1. The molecule has 15 heavy (non-hydrogen) atoms. The normalized spacial score (nSPS) is 13.7. The minimum Gasteiger partial charge on any atom is -0.384 e. The molecule has 0 aliphatic heterocycles. The van der Waals surface area contributed by atoms with Gasteiger partial charge in [-0.3, -0.25) is 4.79 Å². The van der Waals surface area contributed by atoms with Crippen LogP contribution in [0.2, 0.25) is 0 Å². The van der Waals surface area contributed by atoms with Crippen LogP contribution in [-0.2, 0) is 0 Å². The number of rotatable bonds is 2. The van der Waals surface area contributed by atoms with Crippen LogP contribution in [0, 0.1) is 12.3 Å². The molecule has 2 heteroatoms. The summed E-state index contributed by atoms with van der Waals surface area (Å²) >= 11 is 0. The van der Waals surface area contributed by atoms with Gasteiger partial charge in [0.1, 0.15) is 6.10 Å². The zero-order valence-electron chi connectivity index (χ0n) is 9.74. The maximum Gasteiger partial charge on any atom is 0.192 e. The molecular weight excluding hydrogens is 188 g/mol. The number of ketones is 1. The van der Waals surface area contributed by atoms with E-state index in [0.29, 0.717) is 5.56 Å². The average Bonchev–Trinajstić information content (AvgIpc) is 2.15. The first kappa shape index (κ1) is 11.9. The van der Waals surface area contributed by atoms with E-state index in [1.807, 2.05) is 45.9 Å². The molecule has 1 N–H and O–H groups in total. The third kappa shape index (κ3) is 2.66. The topological polar surface area (TPSA) is 37.3 Å². The average molecular weight is 206 g/mol. The molecule has 0 fully saturated rings. The van der Waals surface area contributed by atoms with Gasteiger partial charge in [-0.05, 0) is 17.9 Å². The molecule has 0 amide bonds. The molecule has 1 aromatic rings. The summed E-state index contributed by atoms with van der Waals surface area (Å²) in [5.41, 5.74) is 1.10. The van der Waals surface area contributed by atoms with Crippen LogP contribution < -0.4 is 0 Å². The highest BCUT2D eigenvalue weighted by Gasteiger charge is 2.30. The third-order valence-corrected chi connectivity index (χ3v) is 2.48. The van der Waals surface area contributed by atoms with Crippen molar-refractivity contribution in [1.29, 1.82) is 0 Å². The van der Waals surface area contributed by atoms with Crippen molar-refractivity contribution in [2.45, 2.75) is 33.8 Å². The number of carbonyl (C=O) groups is 1. The van der Waals surface area contributed by atoms with Crippen molar-refractivity contribution < 1.29 is 9.90 Å². The van der Waals surface area contributed by atoms with Crippen LogP contribution in [0.5, 0.6) is 0 Å². The Hall–Kier alpha value is -1.15. The van der Waals surface area contributed by atoms with Gasteiger partial charge in [-0.1, -0.05) is 45.0 Å². The summed E-state index contributed by atoms with van der Waals surface area (Å²) < 4.78 is 0. The Morgan fingerprint density at radius 2 is 1.80 bits per heavy atom. The predicted molar refractivity (Wildman–Crippen MR) is 61.0 cm³/mol. The molecule has 0 radical (unpaired) electrons. The summed E-state index contributed by atoms with van der Waals surface area (Å²) in [6.45, 7) is 7.44. The molecule has 1 aromatic carbocycles. The van der Waals surface area contributed by atoms with Crippen molar-refractivity contribution in [3.05, 3.63) is 35.4 Å². The highest BCUT2D eigenvalue weighted by Crippen LogP contribution is 2.23. The molecule has 0 aliphatic rings. The molecule has 1 atom stereocenters. The van der Waals surface area contributed by atoms with Crippen LogP contribution in [0.3, 0.4) is 0 Å². The summed E-state index contributed by atoms with van der Waals surface area (Å²) in [5, 5.41) is 9.88. The number of hydrogen-bond acceptors (Lipinski definition) is 2. The number of aliphatic hydroxyl groups is 1. The number of hydrogen-bond donors (Lipinski definition) is 1. The molecule has 1 rings (SSSR count). The first-order valence-electron chi connectivity index (χ1n) is 5.12. The van der Waals surface area contributed by atoms with Gasteiger partial charge in [-0.2, -0.15) is 0 Å². The second-order valence-corrected chi connectivity index (χ2v) is 4.95. The van der Waals surface area contributed by atoms with Gasteiger partial charge < -0.3 is 5.11 Å². The van der Waals surface area contributed by atoms with E-state index in [-0.39, 0.29) is 5.78 Å². The lowest BCUT2D eigenvalue weighted by Crippen LogP contribution is -2.34. The second kappa shape index (κ2) is 4.15. The first-order valence-corrected chi connectivity index (χ1v) is 5.12. The van der Waals surface area contributed by atoms with Gasteiger partial charge in [0.25, 0.3) is 0 Å². The molecule has 0 spiro atoms. The van der Waals surface area contributed by atoms with Crippen LogP contribution in [0.25, 0.3) is 0 Å². The third-order valence-electron chi connectivity index (χ3n) is 2.48. The molecule has 1 unspecified atom stereocenters. The summed E-state index contributed by atoms with van der Waals surface area (Å²) in [4.78, 5) is 12.0. The van der Waals surface area contributed by atoms with Crippen molar-refractivity contribution in [1.82, 2.24) is 0 Å². The van der Waals surface area contributed by atoms with Crippen LogP contribution in [0.4, 0.5) is 0 Å². The van der Waals surface area contributed by atoms with E-state index in [2.05, 4.69) is 0 Å². The highest BCUT2D eigenvalue weighted by molar-refractivity contribution is 6.00. The zero-order valence-corrected chi connectivity index (χ0v) is 9.74. The Balaban J connectivity index is 3.01. The molecule has 0 bridgehead atoms. The van der Waals surface area contributed by atoms with Crippen molar-refractivity contribution in [3.8, 4) is 0 Å². The van der Waals surface area contributed by atoms with Crippen molar-refractivity contribution in [2.75, 3.05) is 0 Å². The lowest BCUT2D eigenvalue weighted by Gasteiger charge is -2.24. The van der Waals surface area contributed by atoms with E-state index in [1.165, 1.54) is 0 Å². The number of Topliss-reactive ketones (excluding diaryl/α,β-unsaturated/α-hetero) is 1. The van der Waals surface area contributed by atoms with Crippen molar-refractivity contribution >= 4 is 5.78 Å². The first-order chi connectivity index (χ1) is 6.84. The standard InChI is InChI=1S/C13H18O2/c1-9-7-5-6-8-10(9)11(14)12(15)13(2,3)4/h5-8,12,15H,1-4H3. The fourth-order valence-corrected chi connectivity index (χ4v) is 1.39. The van der Waals surface area contributed by atoms with Gasteiger partial charge >= 0.3 is 0 Å². The van der Waals surface area contributed by atoms with Crippen LogP contribution in [-0.4, -0.2) is 17.0 Å². The van der Waals surface area contributed by atoms with Gasteiger partial charge in [-0.15, -0.1) is 0 Å². The zero-order chi connectivity index (χ0) is 11.6. The minimum atomic E-state index is -0.946. The molecule has 0 saturated carbocycles. The van der Waals surface area contributed by atoms with Gasteiger partial charge in [0.15, 0.2) is 5.78 Å². The van der Waals surface area contributed by atoms with Crippen LogP contribution >= 0.6 is 0 Å². The minimum absolute atomic E-state index is 0.194. The molecule has 82 valence electrons. The smallest absolute Gasteiger partial charge is 0.192 e. The Morgan fingerprint density at radius 3 is 2.27 bits per heavy atom. The number of aliphatic hydroxyl groups excluding tert-OH is 1. The Kier molecular flexibility index (Phi) is 3.30. The van der Waals surface area contributed by atoms with Gasteiger partial charge in [0.2, 0.25) is 0 Å². The van der Waals surface area contributed by atoms with Crippen LogP contribution in [0.15, 0.2) is 24.3 Å². The Labute approximate surface area is 90.9 Å². The van der Waals surface area contributed by atoms with E-state index < -0.39 is 11.5 Å². The van der Waals surface area contributed by atoms with E-state index in [4.69, 9.17) is 0 Å². The second-order valence-electron chi connectivity index (χ2n) is 4.95. The van der Waals surface area contributed by atoms with E-state index >= 15 is 0 Å². The Morgan fingerprint density at radius 1 is 1.27 bits per heavy atom. The molecule has 0 saturated heterocycles. The van der Waals surface area contributed by atoms with Gasteiger partial charge in [0.05, 0.1) is 0 Å². The maximum atomic E-state index is 12.0. The summed E-state index contributed by atoms with van der Waals surface area (Å²) in [7, 11) is 0. The molecule has 0 aromatic heterocycles. The summed E-state index contributed by atoms with van der Waals surface area (Å²) in [6.07, 6.45) is -0.946. The van der Waals surface area contributed by atoms with E-state index in [1.54, 1.807) is 6.07 Å². The Bertz CT molecular complexity index is 361. The van der Waals surface area contributed by atoms with Crippen molar-refractivity contribution in [3.63, 3.8) is 0 Å². The molecule has 0 aliphatic carbocycles. The SMILES string of the molecule is Cc1ccccc1C(=O)C(O)C(C)(C)C. The molecule has 0 heterocycles. The molecule has 2 nitrogen and oxygen atoms in total. The predicted octanol–water partition coefficient (Wildman–Crippen LogP) is 2.58. The highest BCUT2D eigenvalue weighted by atomic mass is 16.3. The number of aryl methyl sites for hydroxylation is 1. The van der Waals surface area contributed by atoms with Crippen LogP contribution in [0.1, 0.15) is 36.7 Å². The summed E-state index contributed by atoms with van der Waals surface area (Å²) in [6, 6.07) is 7.33. The maximum absolute atomic E-state index is 12.0. The van der Waals surface area contributed by atoms with E-state index in [0.717, 1.165) is 5.56 Å². The quantitative estimate of drug-likeness (QED) is 0.755. The lowest BCUT2D eigenvalue weighted by atomic mass is 9.84. The lowest BCUT2D eigenvalue weighted by molar-refractivity contribution is 0.0442. The fraction of sp³-hybridized carbons (Fsp3) is 0.462. The fourth-order valence-electron chi connectivity index (χ4n) is 1.39. The molecular formula is C13H18O2. The van der Waals surface area contributed by atoms with Crippen molar-refractivity contribution in [2.24, 2.45) is 5.41 Å². The largest absolute Gasteiger partial charge is 0.384 e. The van der Waals surface area contributed by atoms with Gasteiger partial charge in [-0.25, -0.2) is 0 Å². The van der Waals surface area contributed by atoms with E-state index in [9.17, 15) is 9.90 Å². The summed E-state index contributed by atoms with van der Waals surface area (Å²) in [5.74, 6) is -0.194. The monoisotopic (exact) mass is 206 g/mol.